The minimum absolute atomic E-state index is 0.133. The molecule has 0 saturated carbocycles. The van der Waals surface area contributed by atoms with Crippen molar-refractivity contribution in [2.24, 2.45) is 5.41 Å². The van der Waals surface area contributed by atoms with Gasteiger partial charge in [-0.25, -0.2) is 4.98 Å². The Bertz CT molecular complexity index is 324. The molecule has 0 radical (unpaired) electrons. The standard InChI is InChI=1S/C11H18N2O2.C2H6/c1-9-4-13(8-12-9)5-10-14-6-11(2,3)7-15-10;1-2/h4,8,10H,5-7H2,1-3H3;1-2H3. The fourth-order valence-electron chi connectivity index (χ4n) is 1.58. The van der Waals surface area contributed by atoms with Gasteiger partial charge >= 0.3 is 0 Å². The van der Waals surface area contributed by atoms with Crippen molar-refractivity contribution in [3.05, 3.63) is 18.2 Å². The Morgan fingerprint density at radius 3 is 2.41 bits per heavy atom. The molecule has 1 aliphatic heterocycles. The summed E-state index contributed by atoms with van der Waals surface area (Å²) >= 11 is 0. The molecule has 1 saturated heterocycles. The van der Waals surface area contributed by atoms with E-state index < -0.39 is 0 Å². The quantitative estimate of drug-likeness (QED) is 0.797. The lowest BCUT2D eigenvalue weighted by molar-refractivity contribution is -0.226. The molecule has 98 valence electrons. The lowest BCUT2D eigenvalue weighted by atomic mass is 9.96. The van der Waals surface area contributed by atoms with E-state index in [0.29, 0.717) is 0 Å². The van der Waals surface area contributed by atoms with Crippen LogP contribution >= 0.6 is 0 Å². The Morgan fingerprint density at radius 2 is 1.94 bits per heavy atom. The summed E-state index contributed by atoms with van der Waals surface area (Å²) in [6.07, 6.45) is 3.67. The molecule has 1 aromatic heterocycles. The van der Waals surface area contributed by atoms with Gasteiger partial charge in [-0.15, -0.1) is 0 Å². The average Bonchev–Trinajstić information content (AvgIpc) is 2.70. The van der Waals surface area contributed by atoms with Crippen LogP contribution in [0.1, 0.15) is 33.4 Å². The fraction of sp³-hybridized carbons (Fsp3) is 0.769. The third-order valence-electron chi connectivity index (χ3n) is 2.44. The first-order valence-electron chi connectivity index (χ1n) is 6.27. The van der Waals surface area contributed by atoms with Crippen molar-refractivity contribution in [3.8, 4) is 0 Å². The van der Waals surface area contributed by atoms with Crippen LogP contribution in [0.4, 0.5) is 0 Å². The topological polar surface area (TPSA) is 36.3 Å². The van der Waals surface area contributed by atoms with Gasteiger partial charge in [0.1, 0.15) is 0 Å². The summed E-state index contributed by atoms with van der Waals surface area (Å²) < 4.78 is 13.3. The van der Waals surface area contributed by atoms with Crippen molar-refractivity contribution >= 4 is 0 Å². The Kier molecular flexibility index (Phi) is 5.15. The van der Waals surface area contributed by atoms with Crippen molar-refractivity contribution < 1.29 is 9.47 Å². The zero-order valence-corrected chi connectivity index (χ0v) is 11.6. The van der Waals surface area contributed by atoms with E-state index >= 15 is 0 Å². The van der Waals surface area contributed by atoms with E-state index in [1.165, 1.54) is 0 Å². The molecule has 2 heterocycles. The number of aryl methyl sites for hydroxylation is 1. The van der Waals surface area contributed by atoms with Crippen LogP contribution in [-0.2, 0) is 16.0 Å². The van der Waals surface area contributed by atoms with E-state index in [-0.39, 0.29) is 11.7 Å². The molecule has 0 spiro atoms. The second-order valence-electron chi connectivity index (χ2n) is 4.93. The molecule has 4 heteroatoms. The zero-order valence-electron chi connectivity index (χ0n) is 11.6. The minimum atomic E-state index is -0.133. The third-order valence-corrected chi connectivity index (χ3v) is 2.44. The molecule has 17 heavy (non-hydrogen) atoms. The first-order chi connectivity index (χ1) is 8.05. The minimum Gasteiger partial charge on any atom is -0.350 e. The van der Waals surface area contributed by atoms with E-state index in [1.807, 2.05) is 37.9 Å². The van der Waals surface area contributed by atoms with Gasteiger partial charge in [0.05, 0.1) is 31.8 Å². The van der Waals surface area contributed by atoms with Gasteiger partial charge in [0, 0.05) is 11.6 Å². The molecule has 0 amide bonds. The van der Waals surface area contributed by atoms with E-state index in [2.05, 4.69) is 18.8 Å². The Balaban J connectivity index is 0.000000686. The van der Waals surface area contributed by atoms with Gasteiger partial charge in [0.25, 0.3) is 0 Å². The van der Waals surface area contributed by atoms with Crippen LogP contribution < -0.4 is 0 Å². The van der Waals surface area contributed by atoms with Gasteiger partial charge in [-0.05, 0) is 6.92 Å². The summed E-state index contributed by atoms with van der Waals surface area (Å²) in [6.45, 7) is 12.5. The Labute approximate surface area is 104 Å². The molecule has 0 aromatic carbocycles. The molecule has 0 N–H and O–H groups in total. The van der Waals surface area contributed by atoms with Crippen molar-refractivity contribution in [1.29, 1.82) is 0 Å². The van der Waals surface area contributed by atoms with Crippen molar-refractivity contribution in [1.82, 2.24) is 9.55 Å². The predicted octanol–water partition coefficient (Wildman–Crippen LogP) is 2.62. The molecule has 0 aliphatic carbocycles. The first kappa shape index (κ1) is 14.2. The van der Waals surface area contributed by atoms with Gasteiger partial charge in [-0.1, -0.05) is 27.7 Å². The van der Waals surface area contributed by atoms with Gasteiger partial charge < -0.3 is 14.0 Å². The van der Waals surface area contributed by atoms with Crippen LogP contribution in [0.2, 0.25) is 0 Å². The molecule has 2 rings (SSSR count). The molecular weight excluding hydrogens is 216 g/mol. The highest BCUT2D eigenvalue weighted by Gasteiger charge is 2.28. The van der Waals surface area contributed by atoms with Gasteiger partial charge in [0.2, 0.25) is 0 Å². The summed E-state index contributed by atoms with van der Waals surface area (Å²) in [5.74, 6) is 0. The van der Waals surface area contributed by atoms with E-state index in [4.69, 9.17) is 9.47 Å². The van der Waals surface area contributed by atoms with Crippen molar-refractivity contribution in [2.75, 3.05) is 13.2 Å². The summed E-state index contributed by atoms with van der Waals surface area (Å²) in [6, 6.07) is 0. The summed E-state index contributed by atoms with van der Waals surface area (Å²) in [5.41, 5.74) is 1.16. The number of ether oxygens (including phenoxy) is 2. The fourth-order valence-corrected chi connectivity index (χ4v) is 1.58. The maximum Gasteiger partial charge on any atom is 0.175 e. The number of rotatable bonds is 2. The number of hydrogen-bond donors (Lipinski definition) is 0. The van der Waals surface area contributed by atoms with Gasteiger partial charge in [-0.2, -0.15) is 0 Å². The molecule has 1 fully saturated rings. The molecule has 1 aromatic rings. The zero-order chi connectivity index (χ0) is 12.9. The molecule has 4 nitrogen and oxygen atoms in total. The molecule has 0 atom stereocenters. The lowest BCUT2D eigenvalue weighted by Gasteiger charge is -2.34. The van der Waals surface area contributed by atoms with E-state index in [0.717, 1.165) is 25.5 Å². The van der Waals surface area contributed by atoms with Crippen LogP contribution in [-0.4, -0.2) is 29.1 Å². The van der Waals surface area contributed by atoms with Crippen LogP contribution in [0.25, 0.3) is 0 Å². The molecular formula is C13H24N2O2. The highest BCUT2D eigenvalue weighted by molar-refractivity contribution is 4.92. The van der Waals surface area contributed by atoms with Crippen LogP contribution in [0.5, 0.6) is 0 Å². The molecule has 0 bridgehead atoms. The van der Waals surface area contributed by atoms with Crippen LogP contribution in [0.15, 0.2) is 12.5 Å². The highest BCUT2D eigenvalue weighted by atomic mass is 16.7. The second-order valence-corrected chi connectivity index (χ2v) is 4.93. The third kappa shape index (κ3) is 4.48. The largest absolute Gasteiger partial charge is 0.350 e. The number of imidazole rings is 1. The second kappa shape index (κ2) is 6.17. The maximum atomic E-state index is 5.64. The van der Waals surface area contributed by atoms with E-state index in [1.54, 1.807) is 0 Å². The van der Waals surface area contributed by atoms with Crippen molar-refractivity contribution in [2.45, 2.75) is 47.5 Å². The normalized spacial score (nSPS) is 19.6. The maximum absolute atomic E-state index is 5.64. The highest BCUT2D eigenvalue weighted by Crippen LogP contribution is 2.23. The number of hydrogen-bond acceptors (Lipinski definition) is 3. The predicted molar refractivity (Wildman–Crippen MR) is 67.8 cm³/mol. The van der Waals surface area contributed by atoms with Crippen LogP contribution in [0.3, 0.4) is 0 Å². The monoisotopic (exact) mass is 240 g/mol. The van der Waals surface area contributed by atoms with Crippen LogP contribution in [0, 0.1) is 12.3 Å². The molecule has 0 unspecified atom stereocenters. The summed E-state index contributed by atoms with van der Waals surface area (Å²) in [7, 11) is 0. The first-order valence-corrected chi connectivity index (χ1v) is 6.27. The smallest absolute Gasteiger partial charge is 0.175 e. The summed E-state index contributed by atoms with van der Waals surface area (Å²) in [5, 5.41) is 0. The lowest BCUT2D eigenvalue weighted by Crippen LogP contribution is -2.39. The molecule has 1 aliphatic rings. The van der Waals surface area contributed by atoms with E-state index in [9.17, 15) is 0 Å². The SMILES string of the molecule is CC.Cc1cn(CC2OCC(C)(C)CO2)cn1. The van der Waals surface area contributed by atoms with Gasteiger partial charge in [-0.3, -0.25) is 0 Å². The average molecular weight is 240 g/mol. The van der Waals surface area contributed by atoms with Gasteiger partial charge in [0.15, 0.2) is 6.29 Å². The number of aromatic nitrogens is 2. The Hall–Kier alpha value is -0.870. The Morgan fingerprint density at radius 1 is 1.35 bits per heavy atom. The van der Waals surface area contributed by atoms with Crippen molar-refractivity contribution in [3.63, 3.8) is 0 Å². The number of nitrogens with zero attached hydrogens (tertiary/aromatic N) is 2. The summed E-state index contributed by atoms with van der Waals surface area (Å²) in [4.78, 5) is 4.16.